The Morgan fingerprint density at radius 3 is 1.55 bits per heavy atom. The average molecular weight is 720 g/mol. The molecule has 0 N–H and O–H groups in total. The van der Waals surface area contributed by atoms with Crippen molar-refractivity contribution >= 4 is 28.1 Å². The van der Waals surface area contributed by atoms with E-state index < -0.39 is 11.0 Å². The third kappa shape index (κ3) is 3.96. The Labute approximate surface area is 324 Å². The van der Waals surface area contributed by atoms with Crippen LogP contribution in [0.2, 0.25) is 0 Å². The molecule has 12 rings (SSSR count). The standard InChI is InChI=1S/C51H33N3O2/c1-3-17-34(18-4-1)51(35-19-5-2-6-20-35)41-32-31-36(33-48(41)56-49-52-42-25-11-14-28-45(42)54(49)51)53-43-26-12-7-21-37(43)50(38-22-8-13-27-44(38)53)39-23-9-15-29-46(39)55-47-30-16-10-24-40(47)50/h1-33H. The molecule has 0 amide bonds. The molecule has 8 aromatic carbocycles. The number of imidazole rings is 1. The van der Waals surface area contributed by atoms with Crippen molar-refractivity contribution in [3.05, 3.63) is 239 Å². The van der Waals surface area contributed by atoms with E-state index in [1.165, 1.54) is 11.1 Å². The summed E-state index contributed by atoms with van der Waals surface area (Å²) in [6.45, 7) is 0. The van der Waals surface area contributed by atoms with Crippen molar-refractivity contribution in [2.24, 2.45) is 0 Å². The molecule has 56 heavy (non-hydrogen) atoms. The molecular weight excluding hydrogens is 687 g/mol. The number of hydrogen-bond donors (Lipinski definition) is 0. The molecule has 264 valence electrons. The number of nitrogens with zero attached hydrogens (tertiary/aromatic N) is 3. The zero-order valence-corrected chi connectivity index (χ0v) is 30.2. The van der Waals surface area contributed by atoms with E-state index >= 15 is 0 Å². The fourth-order valence-corrected chi connectivity index (χ4v) is 9.84. The molecule has 0 saturated carbocycles. The van der Waals surface area contributed by atoms with Crippen molar-refractivity contribution in [2.45, 2.75) is 11.0 Å². The van der Waals surface area contributed by atoms with Crippen molar-refractivity contribution in [2.75, 3.05) is 4.90 Å². The highest BCUT2D eigenvalue weighted by Gasteiger charge is 2.52. The van der Waals surface area contributed by atoms with Gasteiger partial charge in [0.25, 0.3) is 0 Å². The number of aromatic nitrogens is 2. The van der Waals surface area contributed by atoms with E-state index in [2.05, 4.69) is 204 Å². The predicted octanol–water partition coefficient (Wildman–Crippen LogP) is 12.3. The summed E-state index contributed by atoms with van der Waals surface area (Å²) < 4.78 is 15.9. The monoisotopic (exact) mass is 719 g/mol. The first-order chi connectivity index (χ1) is 27.8. The quantitative estimate of drug-likeness (QED) is 0.182. The lowest BCUT2D eigenvalue weighted by Gasteiger charge is -2.48. The number of benzene rings is 8. The molecule has 3 aliphatic rings. The third-order valence-electron chi connectivity index (χ3n) is 12.0. The number of hydrogen-bond acceptors (Lipinski definition) is 4. The van der Waals surface area contributed by atoms with Crippen molar-refractivity contribution < 1.29 is 9.47 Å². The summed E-state index contributed by atoms with van der Waals surface area (Å²) in [5.74, 6) is 2.50. The molecule has 1 aromatic heterocycles. The molecule has 9 aromatic rings. The second-order valence-corrected chi connectivity index (χ2v) is 14.7. The van der Waals surface area contributed by atoms with Gasteiger partial charge in [-0.25, -0.2) is 0 Å². The van der Waals surface area contributed by atoms with Gasteiger partial charge in [-0.15, -0.1) is 0 Å². The van der Waals surface area contributed by atoms with Crippen LogP contribution < -0.4 is 14.4 Å². The molecule has 0 atom stereocenters. The number of para-hydroxylation sites is 6. The Morgan fingerprint density at radius 1 is 0.411 bits per heavy atom. The normalized spacial score (nSPS) is 15.0. The summed E-state index contributed by atoms with van der Waals surface area (Å²) in [6, 6.07) is 71.7. The van der Waals surface area contributed by atoms with Gasteiger partial charge < -0.3 is 14.4 Å². The number of anilines is 3. The first-order valence-electron chi connectivity index (χ1n) is 19.1. The highest BCUT2D eigenvalue weighted by atomic mass is 16.5. The zero-order valence-electron chi connectivity index (χ0n) is 30.2. The van der Waals surface area contributed by atoms with Crippen LogP contribution in [-0.2, 0) is 11.0 Å². The van der Waals surface area contributed by atoms with Crippen LogP contribution in [0.25, 0.3) is 11.0 Å². The van der Waals surface area contributed by atoms with Crippen LogP contribution in [0.4, 0.5) is 17.1 Å². The minimum absolute atomic E-state index is 0.553. The summed E-state index contributed by atoms with van der Waals surface area (Å²) in [4.78, 5) is 7.52. The van der Waals surface area contributed by atoms with Gasteiger partial charge in [-0.05, 0) is 64.7 Å². The summed E-state index contributed by atoms with van der Waals surface area (Å²) in [7, 11) is 0. The van der Waals surface area contributed by atoms with Gasteiger partial charge in [0.1, 0.15) is 22.8 Å². The van der Waals surface area contributed by atoms with Crippen LogP contribution in [0.15, 0.2) is 200 Å². The topological polar surface area (TPSA) is 39.5 Å². The van der Waals surface area contributed by atoms with Crippen LogP contribution in [0.5, 0.6) is 23.3 Å². The smallest absolute Gasteiger partial charge is 0.304 e. The molecule has 0 aliphatic carbocycles. The maximum Gasteiger partial charge on any atom is 0.304 e. The molecule has 0 saturated heterocycles. The van der Waals surface area contributed by atoms with Crippen molar-refractivity contribution in [1.82, 2.24) is 9.55 Å². The van der Waals surface area contributed by atoms with Crippen LogP contribution >= 0.6 is 0 Å². The van der Waals surface area contributed by atoms with E-state index in [0.717, 1.165) is 73.2 Å². The van der Waals surface area contributed by atoms with Crippen LogP contribution in [0, 0.1) is 0 Å². The van der Waals surface area contributed by atoms with Crippen LogP contribution in [0.3, 0.4) is 0 Å². The van der Waals surface area contributed by atoms with Gasteiger partial charge in [-0.2, -0.15) is 4.98 Å². The lowest BCUT2D eigenvalue weighted by molar-refractivity contribution is 0.336. The van der Waals surface area contributed by atoms with Gasteiger partial charge >= 0.3 is 6.01 Å². The minimum atomic E-state index is -0.767. The molecule has 1 spiro atoms. The third-order valence-corrected chi connectivity index (χ3v) is 12.0. The van der Waals surface area contributed by atoms with Gasteiger partial charge in [0.2, 0.25) is 0 Å². The summed E-state index contributed by atoms with van der Waals surface area (Å²) in [5.41, 5.74) is 11.6. The number of fused-ring (bicyclic) bond motifs is 12. The van der Waals surface area contributed by atoms with Crippen LogP contribution in [0.1, 0.15) is 38.9 Å². The zero-order chi connectivity index (χ0) is 36.8. The largest absolute Gasteiger partial charge is 0.457 e. The molecule has 5 heteroatoms. The first kappa shape index (κ1) is 31.0. The second-order valence-electron chi connectivity index (χ2n) is 14.7. The number of ether oxygens (including phenoxy) is 2. The molecule has 0 unspecified atom stereocenters. The summed E-state index contributed by atoms with van der Waals surface area (Å²) >= 11 is 0. The molecule has 0 bridgehead atoms. The van der Waals surface area contributed by atoms with Crippen molar-refractivity contribution in [1.29, 1.82) is 0 Å². The molecule has 3 aliphatic heterocycles. The molecule has 0 fully saturated rings. The van der Waals surface area contributed by atoms with Crippen LogP contribution in [-0.4, -0.2) is 9.55 Å². The maximum absolute atomic E-state index is 6.98. The molecular formula is C51H33N3O2. The van der Waals surface area contributed by atoms with Gasteiger partial charge in [0, 0.05) is 28.4 Å². The Bertz CT molecular complexity index is 2870. The fraction of sp³-hybridized carbons (Fsp3) is 0.0392. The molecule has 4 heterocycles. The van der Waals surface area contributed by atoms with E-state index in [9.17, 15) is 0 Å². The van der Waals surface area contributed by atoms with Gasteiger partial charge in [-0.3, -0.25) is 4.57 Å². The maximum atomic E-state index is 6.98. The Hall–Kier alpha value is -7.37. The summed E-state index contributed by atoms with van der Waals surface area (Å²) in [5, 5.41) is 0. The van der Waals surface area contributed by atoms with E-state index in [-0.39, 0.29) is 0 Å². The van der Waals surface area contributed by atoms with E-state index in [4.69, 9.17) is 14.5 Å². The molecule has 0 radical (unpaired) electrons. The number of rotatable bonds is 3. The second kappa shape index (κ2) is 11.6. The predicted molar refractivity (Wildman–Crippen MR) is 221 cm³/mol. The van der Waals surface area contributed by atoms with Gasteiger partial charge in [0.05, 0.1) is 27.8 Å². The summed E-state index contributed by atoms with van der Waals surface area (Å²) in [6.07, 6.45) is 0. The average Bonchev–Trinajstić information content (AvgIpc) is 3.64. The van der Waals surface area contributed by atoms with Gasteiger partial charge in [0.15, 0.2) is 0 Å². The van der Waals surface area contributed by atoms with Gasteiger partial charge in [-0.1, -0.05) is 152 Å². The van der Waals surface area contributed by atoms with E-state index in [0.29, 0.717) is 6.01 Å². The Kier molecular flexibility index (Phi) is 6.41. The molecule has 5 nitrogen and oxygen atoms in total. The highest BCUT2D eigenvalue weighted by molar-refractivity contribution is 5.91. The highest BCUT2D eigenvalue weighted by Crippen LogP contribution is 2.63. The fourth-order valence-electron chi connectivity index (χ4n) is 9.84. The first-order valence-corrected chi connectivity index (χ1v) is 19.1. The minimum Gasteiger partial charge on any atom is -0.457 e. The Morgan fingerprint density at radius 2 is 0.929 bits per heavy atom. The van der Waals surface area contributed by atoms with Crippen molar-refractivity contribution in [3.8, 4) is 23.3 Å². The lowest BCUT2D eigenvalue weighted by Crippen LogP contribution is -2.41. The van der Waals surface area contributed by atoms with E-state index in [1.807, 2.05) is 6.07 Å². The van der Waals surface area contributed by atoms with Crippen molar-refractivity contribution in [3.63, 3.8) is 0 Å². The Balaban J connectivity index is 1.14. The lowest BCUT2D eigenvalue weighted by atomic mass is 9.61. The SMILES string of the molecule is c1ccc(C2(c3ccccc3)c3ccc(N4c5ccccc5C5(c6ccccc6Oc6ccccc65)c5ccccc54)cc3Oc3nc4ccccc4n32)cc1. The van der Waals surface area contributed by atoms with E-state index in [1.54, 1.807) is 0 Å².